The minimum absolute atomic E-state index is 0. The van der Waals surface area contributed by atoms with Crippen molar-refractivity contribution in [1.29, 1.82) is 0 Å². The van der Waals surface area contributed by atoms with Crippen molar-refractivity contribution >= 4 is 12.4 Å². The van der Waals surface area contributed by atoms with Gasteiger partial charge in [0.25, 0.3) is 0 Å². The fourth-order valence-corrected chi connectivity index (χ4v) is 1.24. The van der Waals surface area contributed by atoms with E-state index in [0.29, 0.717) is 19.0 Å². The van der Waals surface area contributed by atoms with E-state index >= 15 is 0 Å². The number of rotatable bonds is 1. The van der Waals surface area contributed by atoms with Gasteiger partial charge in [-0.15, -0.1) is 12.4 Å². The lowest BCUT2D eigenvalue weighted by Gasteiger charge is -2.26. The molecule has 1 heterocycles. The van der Waals surface area contributed by atoms with E-state index in [1.54, 1.807) is 0 Å². The van der Waals surface area contributed by atoms with Crippen molar-refractivity contribution in [3.8, 4) is 0 Å². The molecule has 1 aliphatic heterocycles. The van der Waals surface area contributed by atoms with Gasteiger partial charge in [0, 0.05) is 18.5 Å². The van der Waals surface area contributed by atoms with Crippen LogP contribution in [0.15, 0.2) is 0 Å². The molecule has 0 aromatic carbocycles. The number of hydrogen-bond donors (Lipinski definition) is 1. The molecular formula is C7H14ClF2N. The smallest absolute Gasteiger partial charge is 0.242 e. The molecule has 1 nitrogen and oxygen atoms in total. The van der Waals surface area contributed by atoms with Gasteiger partial charge in [-0.2, -0.15) is 0 Å². The quantitative estimate of drug-likeness (QED) is 0.660. The molecule has 0 bridgehead atoms. The van der Waals surface area contributed by atoms with Gasteiger partial charge >= 0.3 is 0 Å². The van der Waals surface area contributed by atoms with Gasteiger partial charge in [0.1, 0.15) is 0 Å². The highest BCUT2D eigenvalue weighted by atomic mass is 35.5. The van der Waals surface area contributed by atoms with Crippen molar-refractivity contribution in [3.05, 3.63) is 0 Å². The Balaban J connectivity index is 0.000001000. The summed E-state index contributed by atoms with van der Waals surface area (Å²) in [6.45, 7) is 2.51. The average Bonchev–Trinajstić information content (AvgIpc) is 1.88. The zero-order valence-corrected chi connectivity index (χ0v) is 7.33. The zero-order valence-electron chi connectivity index (χ0n) is 6.52. The Morgan fingerprint density at radius 3 is 2.36 bits per heavy atom. The van der Waals surface area contributed by atoms with E-state index in [-0.39, 0.29) is 12.4 Å². The predicted octanol–water partition coefficient (Wildman–Crippen LogP) is 2.06. The Bertz CT molecular complexity index is 103. The van der Waals surface area contributed by atoms with Crippen LogP contribution in [0, 0.1) is 5.92 Å². The van der Waals surface area contributed by atoms with E-state index in [2.05, 4.69) is 5.32 Å². The SMILES string of the molecule is C[C@@H]1CC[C@@H](C(F)F)CN1.Cl. The van der Waals surface area contributed by atoms with Crippen molar-refractivity contribution in [1.82, 2.24) is 5.32 Å². The van der Waals surface area contributed by atoms with Crippen LogP contribution in [0.2, 0.25) is 0 Å². The Kier molecular flexibility index (Phi) is 4.93. The van der Waals surface area contributed by atoms with Crippen LogP contribution < -0.4 is 5.32 Å². The number of piperidine rings is 1. The van der Waals surface area contributed by atoms with Crippen LogP contribution in [-0.4, -0.2) is 19.0 Å². The van der Waals surface area contributed by atoms with Crippen LogP contribution in [0.3, 0.4) is 0 Å². The fraction of sp³-hybridized carbons (Fsp3) is 1.00. The standard InChI is InChI=1S/C7H13F2N.ClH/c1-5-2-3-6(4-10-5)7(8)9;/h5-7,10H,2-4H2,1H3;1H/t5-,6-;/m1./s1. The van der Waals surface area contributed by atoms with Crippen molar-refractivity contribution in [2.45, 2.75) is 32.2 Å². The minimum atomic E-state index is -2.14. The molecule has 1 fully saturated rings. The van der Waals surface area contributed by atoms with E-state index in [0.717, 1.165) is 6.42 Å². The molecule has 0 spiro atoms. The molecule has 0 aliphatic carbocycles. The Morgan fingerprint density at radius 2 is 2.00 bits per heavy atom. The third kappa shape index (κ3) is 3.34. The third-order valence-electron chi connectivity index (χ3n) is 2.06. The van der Waals surface area contributed by atoms with Gasteiger partial charge in [0.05, 0.1) is 0 Å². The first kappa shape index (κ1) is 11.1. The second-order valence-corrected chi connectivity index (χ2v) is 2.98. The summed E-state index contributed by atoms with van der Waals surface area (Å²) in [4.78, 5) is 0. The molecule has 68 valence electrons. The van der Waals surface area contributed by atoms with Gasteiger partial charge < -0.3 is 5.32 Å². The Hall–Kier alpha value is 0.110. The fourth-order valence-electron chi connectivity index (χ4n) is 1.24. The van der Waals surface area contributed by atoms with E-state index in [1.807, 2.05) is 6.92 Å². The van der Waals surface area contributed by atoms with E-state index in [1.165, 1.54) is 0 Å². The van der Waals surface area contributed by atoms with E-state index < -0.39 is 12.3 Å². The highest BCUT2D eigenvalue weighted by molar-refractivity contribution is 5.85. The normalized spacial score (nSPS) is 31.6. The van der Waals surface area contributed by atoms with E-state index in [4.69, 9.17) is 0 Å². The summed E-state index contributed by atoms with van der Waals surface area (Å²) < 4.78 is 24.0. The zero-order chi connectivity index (χ0) is 7.56. The van der Waals surface area contributed by atoms with Crippen LogP contribution in [0.4, 0.5) is 8.78 Å². The van der Waals surface area contributed by atoms with Crippen molar-refractivity contribution in [2.24, 2.45) is 5.92 Å². The molecule has 0 saturated carbocycles. The molecule has 0 aromatic heterocycles. The van der Waals surface area contributed by atoms with Crippen LogP contribution in [-0.2, 0) is 0 Å². The van der Waals surface area contributed by atoms with Gasteiger partial charge in [-0.25, -0.2) is 8.78 Å². The predicted molar refractivity (Wildman–Crippen MR) is 43.4 cm³/mol. The van der Waals surface area contributed by atoms with E-state index in [9.17, 15) is 8.78 Å². The summed E-state index contributed by atoms with van der Waals surface area (Å²) >= 11 is 0. The van der Waals surface area contributed by atoms with Gasteiger partial charge in [0.2, 0.25) is 6.43 Å². The molecule has 0 amide bonds. The largest absolute Gasteiger partial charge is 0.314 e. The van der Waals surface area contributed by atoms with Crippen LogP contribution in [0.5, 0.6) is 0 Å². The summed E-state index contributed by atoms with van der Waals surface area (Å²) in [5.41, 5.74) is 0. The number of hydrogen-bond acceptors (Lipinski definition) is 1. The molecule has 1 saturated heterocycles. The van der Waals surface area contributed by atoms with Crippen LogP contribution in [0.25, 0.3) is 0 Å². The summed E-state index contributed by atoms with van der Waals surface area (Å²) in [6, 6.07) is 0.426. The van der Waals surface area contributed by atoms with Gasteiger partial charge in [0.15, 0.2) is 0 Å². The van der Waals surface area contributed by atoms with Crippen molar-refractivity contribution in [2.75, 3.05) is 6.54 Å². The first-order chi connectivity index (χ1) is 4.70. The molecule has 0 unspecified atom stereocenters. The second kappa shape index (κ2) is 4.88. The number of nitrogens with one attached hydrogen (secondary N) is 1. The summed E-state index contributed by atoms with van der Waals surface area (Å²) in [6.07, 6.45) is -0.583. The molecule has 2 atom stereocenters. The molecule has 1 N–H and O–H groups in total. The average molecular weight is 186 g/mol. The lowest BCUT2D eigenvalue weighted by molar-refractivity contribution is 0.0577. The van der Waals surface area contributed by atoms with Crippen molar-refractivity contribution < 1.29 is 8.78 Å². The first-order valence-electron chi connectivity index (χ1n) is 3.71. The monoisotopic (exact) mass is 185 g/mol. The van der Waals surface area contributed by atoms with Crippen LogP contribution in [0.1, 0.15) is 19.8 Å². The second-order valence-electron chi connectivity index (χ2n) is 2.98. The third-order valence-corrected chi connectivity index (χ3v) is 2.06. The van der Waals surface area contributed by atoms with Gasteiger partial charge in [-0.05, 0) is 19.8 Å². The summed E-state index contributed by atoms with van der Waals surface area (Å²) in [5.74, 6) is -0.406. The maximum absolute atomic E-state index is 12.0. The molecule has 1 rings (SSSR count). The highest BCUT2D eigenvalue weighted by Crippen LogP contribution is 2.20. The summed E-state index contributed by atoms with van der Waals surface area (Å²) in [5, 5.41) is 3.03. The molecule has 4 heteroatoms. The van der Waals surface area contributed by atoms with Gasteiger partial charge in [-0.3, -0.25) is 0 Å². The lowest BCUT2D eigenvalue weighted by Crippen LogP contribution is -2.39. The Morgan fingerprint density at radius 1 is 1.36 bits per heavy atom. The molecule has 1 aliphatic rings. The molecule has 0 radical (unpaired) electrons. The number of halogens is 3. The maximum atomic E-state index is 12.0. The topological polar surface area (TPSA) is 12.0 Å². The minimum Gasteiger partial charge on any atom is -0.314 e. The molecular weight excluding hydrogens is 172 g/mol. The number of alkyl halides is 2. The first-order valence-corrected chi connectivity index (χ1v) is 3.71. The van der Waals surface area contributed by atoms with Crippen LogP contribution >= 0.6 is 12.4 Å². The highest BCUT2D eigenvalue weighted by Gasteiger charge is 2.24. The molecule has 11 heavy (non-hydrogen) atoms. The summed E-state index contributed by atoms with van der Waals surface area (Å²) in [7, 11) is 0. The Labute approximate surface area is 72.0 Å². The molecule has 0 aromatic rings. The van der Waals surface area contributed by atoms with Gasteiger partial charge in [-0.1, -0.05) is 0 Å². The maximum Gasteiger partial charge on any atom is 0.242 e. The van der Waals surface area contributed by atoms with Crippen molar-refractivity contribution in [3.63, 3.8) is 0 Å². The lowest BCUT2D eigenvalue weighted by atomic mass is 9.96.